The van der Waals surface area contributed by atoms with Crippen LogP contribution in [0.5, 0.6) is 0 Å². The molecule has 0 aliphatic rings. The van der Waals surface area contributed by atoms with Gasteiger partial charge in [0.1, 0.15) is 23.7 Å². The van der Waals surface area contributed by atoms with Gasteiger partial charge in [0.25, 0.3) is 0 Å². The topological polar surface area (TPSA) is 186 Å². The summed E-state index contributed by atoms with van der Waals surface area (Å²) >= 11 is 1.52. The summed E-state index contributed by atoms with van der Waals surface area (Å²) in [7, 11) is 1.35. The van der Waals surface area contributed by atoms with Gasteiger partial charge in [0, 0.05) is 13.0 Å². The van der Waals surface area contributed by atoms with Crippen LogP contribution in [0.4, 0.5) is 4.79 Å². The maximum absolute atomic E-state index is 13.1. The van der Waals surface area contributed by atoms with Crippen LogP contribution >= 0.6 is 11.8 Å². The largest absolute Gasteiger partial charge is 0.480 e. The Balaban J connectivity index is 0.00000212. The second-order valence-corrected chi connectivity index (χ2v) is 11.9. The van der Waals surface area contributed by atoms with Gasteiger partial charge in [-0.15, -0.1) is 0 Å². The van der Waals surface area contributed by atoms with Crippen molar-refractivity contribution in [2.75, 3.05) is 25.7 Å². The molecule has 0 bridgehead atoms. The minimum absolute atomic E-state index is 0.0481. The number of carbonyl (C=O) groups excluding carboxylic acids is 4. The van der Waals surface area contributed by atoms with E-state index in [9.17, 15) is 29.1 Å². The summed E-state index contributed by atoms with van der Waals surface area (Å²) in [6.07, 6.45) is 2.23. The molecule has 0 aliphatic heterocycles. The van der Waals surface area contributed by atoms with Gasteiger partial charge in [-0.2, -0.15) is 11.8 Å². The molecule has 0 fully saturated rings. The molecule has 1 aromatic rings. The van der Waals surface area contributed by atoms with Gasteiger partial charge < -0.3 is 36.3 Å². The van der Waals surface area contributed by atoms with E-state index >= 15 is 0 Å². The Kier molecular flexibility index (Phi) is 18.9. The first-order valence-electron chi connectivity index (χ1n) is 13.8. The zero-order valence-electron chi connectivity index (χ0n) is 25.7. The molecule has 0 radical (unpaired) electrons. The number of esters is 1. The van der Waals surface area contributed by atoms with Crippen LogP contribution in [0.15, 0.2) is 30.3 Å². The van der Waals surface area contributed by atoms with Crippen molar-refractivity contribution in [2.24, 2.45) is 11.7 Å². The second-order valence-electron chi connectivity index (χ2n) is 10.9. The average molecular weight is 613 g/mol. The molecule has 6 N–H and O–H groups in total. The number of nitrogens with two attached hydrogens (primary N) is 1. The van der Waals surface area contributed by atoms with E-state index in [0.29, 0.717) is 31.6 Å². The zero-order chi connectivity index (χ0) is 32.3. The van der Waals surface area contributed by atoms with E-state index in [4.69, 9.17) is 10.5 Å². The summed E-state index contributed by atoms with van der Waals surface area (Å²) in [5, 5.41) is 17.5. The fourth-order valence-corrected chi connectivity index (χ4v) is 3.94. The maximum atomic E-state index is 13.1. The average Bonchev–Trinajstić information content (AvgIpc) is 2.89. The molecule has 0 heterocycles. The molecule has 1 rings (SSSR count). The Morgan fingerprint density at radius 1 is 0.952 bits per heavy atom. The van der Waals surface area contributed by atoms with Gasteiger partial charge in [-0.05, 0) is 57.1 Å². The van der Waals surface area contributed by atoms with Crippen LogP contribution in [0.25, 0.3) is 0 Å². The van der Waals surface area contributed by atoms with Crippen LogP contribution < -0.4 is 21.7 Å². The fraction of sp³-hybridized carbons (Fsp3) is 0.621. The number of hydrogen-bond donors (Lipinski definition) is 5. The molecular weight excluding hydrogens is 564 g/mol. The molecule has 0 aromatic heterocycles. The highest BCUT2D eigenvalue weighted by Gasteiger charge is 2.31. The van der Waals surface area contributed by atoms with Crippen LogP contribution in [0.2, 0.25) is 0 Å². The standard InChI is InChI=1S/C25H39N3O6S.C4H9NO2/c1-16(2)14-19(22(30)27-20(23(31)32)15-17-10-8-7-9-11-17)26-21(29)18(12-13-35-6)28-24(33)34-25(3,4)5;1-7-4(6)2-3-5/h7-11,16,18-20H,12-15H2,1-6H3,(H,26,29)(H,27,30)(H,28,33)(H,31,32);2-3,5H2,1H3/t18-,19-,20-;/m0./s1. The second kappa shape index (κ2) is 20.5. The van der Waals surface area contributed by atoms with Crippen molar-refractivity contribution in [2.45, 2.75) is 84.0 Å². The number of benzene rings is 1. The number of carbonyl (C=O) groups is 5. The van der Waals surface area contributed by atoms with Gasteiger partial charge >= 0.3 is 18.0 Å². The first-order chi connectivity index (χ1) is 19.6. The molecule has 0 saturated carbocycles. The molecule has 238 valence electrons. The highest BCUT2D eigenvalue weighted by Crippen LogP contribution is 2.11. The van der Waals surface area contributed by atoms with Crippen LogP contribution in [0.1, 0.15) is 59.4 Å². The minimum atomic E-state index is -1.17. The molecule has 0 unspecified atom stereocenters. The lowest BCUT2D eigenvalue weighted by Crippen LogP contribution is -2.56. The first-order valence-corrected chi connectivity index (χ1v) is 15.2. The number of amides is 3. The summed E-state index contributed by atoms with van der Waals surface area (Å²) in [5.41, 5.74) is 5.04. The third kappa shape index (κ3) is 18.2. The Morgan fingerprint density at radius 3 is 1.98 bits per heavy atom. The summed E-state index contributed by atoms with van der Waals surface area (Å²) in [6.45, 7) is 9.33. The third-order valence-corrected chi connectivity index (χ3v) is 6.08. The van der Waals surface area contributed by atoms with E-state index in [1.807, 2.05) is 26.2 Å². The fourth-order valence-electron chi connectivity index (χ4n) is 3.47. The SMILES string of the molecule is COC(=O)CCN.CSCC[C@H](NC(=O)OC(C)(C)C)C(=O)N[C@@H](CC(C)C)C(=O)N[C@@H](Cc1ccccc1)C(=O)O. The summed E-state index contributed by atoms with van der Waals surface area (Å²) in [5.74, 6) is -1.87. The van der Waals surface area contributed by atoms with E-state index in [-0.39, 0.29) is 18.3 Å². The predicted octanol–water partition coefficient (Wildman–Crippen LogP) is 2.48. The number of hydrogen-bond acceptors (Lipinski definition) is 9. The molecule has 3 amide bonds. The lowest BCUT2D eigenvalue weighted by Gasteiger charge is -2.26. The summed E-state index contributed by atoms with van der Waals surface area (Å²) < 4.78 is 9.54. The van der Waals surface area contributed by atoms with Crippen LogP contribution in [0, 0.1) is 5.92 Å². The molecule has 1 aromatic carbocycles. The summed E-state index contributed by atoms with van der Waals surface area (Å²) in [4.78, 5) is 60.3. The van der Waals surface area contributed by atoms with Crippen LogP contribution in [0.3, 0.4) is 0 Å². The van der Waals surface area contributed by atoms with Gasteiger partial charge in [0.15, 0.2) is 0 Å². The lowest BCUT2D eigenvalue weighted by molar-refractivity contribution is -0.142. The number of alkyl carbamates (subject to hydrolysis) is 1. The molecule has 3 atom stereocenters. The first kappa shape index (κ1) is 38.7. The monoisotopic (exact) mass is 612 g/mol. The maximum Gasteiger partial charge on any atom is 0.408 e. The Hall–Kier alpha value is -3.32. The molecule has 42 heavy (non-hydrogen) atoms. The van der Waals surface area contributed by atoms with E-state index in [1.54, 1.807) is 45.0 Å². The minimum Gasteiger partial charge on any atom is -0.480 e. The van der Waals surface area contributed by atoms with Gasteiger partial charge in [-0.1, -0.05) is 44.2 Å². The van der Waals surface area contributed by atoms with E-state index in [1.165, 1.54) is 18.9 Å². The highest BCUT2D eigenvalue weighted by molar-refractivity contribution is 7.98. The molecule has 0 aliphatic carbocycles. The Labute approximate surface area is 253 Å². The molecule has 0 saturated heterocycles. The van der Waals surface area contributed by atoms with Gasteiger partial charge in [-0.3, -0.25) is 14.4 Å². The van der Waals surface area contributed by atoms with Crippen molar-refractivity contribution in [1.29, 1.82) is 0 Å². The van der Waals surface area contributed by atoms with Gasteiger partial charge in [0.2, 0.25) is 11.8 Å². The molecule has 13 heteroatoms. The van der Waals surface area contributed by atoms with Crippen molar-refractivity contribution in [3.63, 3.8) is 0 Å². The van der Waals surface area contributed by atoms with Gasteiger partial charge in [0.05, 0.1) is 13.5 Å². The predicted molar refractivity (Wildman–Crippen MR) is 163 cm³/mol. The number of rotatable bonds is 15. The van der Waals surface area contributed by atoms with Crippen LogP contribution in [-0.2, 0) is 35.1 Å². The van der Waals surface area contributed by atoms with Crippen molar-refractivity contribution >= 4 is 41.6 Å². The normalized spacial score (nSPS) is 13.0. The highest BCUT2D eigenvalue weighted by atomic mass is 32.2. The number of methoxy groups -OCH3 is 1. The number of carboxylic acid groups (broad SMARTS) is 1. The number of nitrogens with one attached hydrogen (secondary N) is 3. The Morgan fingerprint density at radius 2 is 1.52 bits per heavy atom. The van der Waals surface area contributed by atoms with Crippen molar-refractivity contribution < 1.29 is 38.6 Å². The molecule has 12 nitrogen and oxygen atoms in total. The third-order valence-electron chi connectivity index (χ3n) is 5.43. The molecule has 0 spiro atoms. The number of thioether (sulfide) groups is 1. The van der Waals surface area contributed by atoms with E-state index in [0.717, 1.165) is 5.56 Å². The molecular formula is C29H48N4O8S. The Bertz CT molecular complexity index is 986. The van der Waals surface area contributed by atoms with E-state index in [2.05, 4.69) is 20.7 Å². The zero-order valence-corrected chi connectivity index (χ0v) is 26.5. The van der Waals surface area contributed by atoms with E-state index < -0.39 is 47.6 Å². The smallest absolute Gasteiger partial charge is 0.408 e. The lowest BCUT2D eigenvalue weighted by atomic mass is 10.0. The number of aliphatic carboxylic acids is 1. The van der Waals surface area contributed by atoms with Crippen LogP contribution in [-0.4, -0.2) is 84.3 Å². The van der Waals surface area contributed by atoms with Crippen molar-refractivity contribution in [3.8, 4) is 0 Å². The van der Waals surface area contributed by atoms with Crippen molar-refractivity contribution in [3.05, 3.63) is 35.9 Å². The quantitative estimate of drug-likeness (QED) is 0.184. The number of ether oxygens (including phenoxy) is 2. The summed E-state index contributed by atoms with van der Waals surface area (Å²) in [6, 6.07) is 5.97. The number of carboxylic acids is 1. The van der Waals surface area contributed by atoms with Gasteiger partial charge in [-0.25, -0.2) is 9.59 Å². The van der Waals surface area contributed by atoms with Crippen molar-refractivity contribution in [1.82, 2.24) is 16.0 Å².